The van der Waals surface area contributed by atoms with Gasteiger partial charge in [0.15, 0.2) is 5.96 Å². The first-order valence-corrected chi connectivity index (χ1v) is 9.34. The zero-order chi connectivity index (χ0) is 15.9. The van der Waals surface area contributed by atoms with Crippen LogP contribution in [-0.2, 0) is 6.42 Å². The fourth-order valence-electron chi connectivity index (χ4n) is 3.08. The third kappa shape index (κ3) is 6.95. The first-order valence-electron chi connectivity index (χ1n) is 8.53. The van der Waals surface area contributed by atoms with E-state index in [-0.39, 0.29) is 24.0 Å². The number of rotatable bonds is 6. The molecule has 1 atom stereocenters. The number of hydrogen-bond donors (Lipinski definition) is 1. The molecular formula is C17H31IN4S. The van der Waals surface area contributed by atoms with Gasteiger partial charge in [-0.2, -0.15) is 0 Å². The van der Waals surface area contributed by atoms with Gasteiger partial charge in [-0.05, 0) is 38.5 Å². The first-order chi connectivity index (χ1) is 10.6. The van der Waals surface area contributed by atoms with E-state index in [4.69, 9.17) is 4.99 Å². The highest BCUT2D eigenvalue weighted by molar-refractivity contribution is 14.0. The standard InChI is InChI=1S/C17H30N4S.HI/c1-5-18-17(19-8-6-16-20-11-14(4)22-16)21-9-7-15(12-21)10-13(2)3;/h11,13,15H,5-10,12H2,1-4H3,(H,18,19);1H. The predicted octanol–water partition coefficient (Wildman–Crippen LogP) is 3.95. The Hall–Kier alpha value is -0.370. The summed E-state index contributed by atoms with van der Waals surface area (Å²) in [6.45, 7) is 12.9. The number of thiazole rings is 1. The minimum Gasteiger partial charge on any atom is -0.357 e. The SMILES string of the molecule is CCNC(=NCCc1ncc(C)s1)N1CCC(CC(C)C)C1.I. The van der Waals surface area contributed by atoms with Crippen molar-refractivity contribution in [3.05, 3.63) is 16.1 Å². The molecule has 6 heteroatoms. The van der Waals surface area contributed by atoms with Gasteiger partial charge in [-0.25, -0.2) is 4.98 Å². The molecule has 1 unspecified atom stereocenters. The van der Waals surface area contributed by atoms with E-state index in [1.165, 1.54) is 22.7 Å². The minimum absolute atomic E-state index is 0. The van der Waals surface area contributed by atoms with Gasteiger partial charge in [0.25, 0.3) is 0 Å². The van der Waals surface area contributed by atoms with E-state index in [0.29, 0.717) is 0 Å². The van der Waals surface area contributed by atoms with Crippen LogP contribution >= 0.6 is 35.3 Å². The Morgan fingerprint density at radius 1 is 1.52 bits per heavy atom. The summed E-state index contributed by atoms with van der Waals surface area (Å²) in [5.41, 5.74) is 0. The highest BCUT2D eigenvalue weighted by atomic mass is 127. The molecule has 2 rings (SSSR count). The van der Waals surface area contributed by atoms with Crippen LogP contribution in [0, 0.1) is 18.8 Å². The van der Waals surface area contributed by atoms with E-state index in [9.17, 15) is 0 Å². The van der Waals surface area contributed by atoms with Gasteiger partial charge in [0.05, 0.1) is 5.01 Å². The Morgan fingerprint density at radius 3 is 2.91 bits per heavy atom. The minimum atomic E-state index is 0. The van der Waals surface area contributed by atoms with Gasteiger partial charge >= 0.3 is 0 Å². The van der Waals surface area contributed by atoms with Crippen molar-refractivity contribution >= 4 is 41.3 Å². The summed E-state index contributed by atoms with van der Waals surface area (Å²) in [6, 6.07) is 0. The van der Waals surface area contributed by atoms with Gasteiger partial charge in [-0.3, -0.25) is 4.99 Å². The van der Waals surface area contributed by atoms with Crippen LogP contribution in [0.15, 0.2) is 11.2 Å². The lowest BCUT2D eigenvalue weighted by molar-refractivity contribution is 0.403. The molecule has 0 amide bonds. The van der Waals surface area contributed by atoms with Gasteiger partial charge in [-0.1, -0.05) is 13.8 Å². The van der Waals surface area contributed by atoms with Crippen LogP contribution in [0.3, 0.4) is 0 Å². The maximum Gasteiger partial charge on any atom is 0.193 e. The topological polar surface area (TPSA) is 40.5 Å². The predicted molar refractivity (Wildman–Crippen MR) is 111 cm³/mol. The maximum absolute atomic E-state index is 4.81. The molecule has 132 valence electrons. The number of halogens is 1. The van der Waals surface area contributed by atoms with Crippen LogP contribution < -0.4 is 5.32 Å². The fourth-order valence-corrected chi connectivity index (χ4v) is 3.86. The second-order valence-corrected chi connectivity index (χ2v) is 7.90. The van der Waals surface area contributed by atoms with Crippen LogP contribution in [0.2, 0.25) is 0 Å². The molecule has 4 nitrogen and oxygen atoms in total. The molecule has 23 heavy (non-hydrogen) atoms. The number of aromatic nitrogens is 1. The van der Waals surface area contributed by atoms with Crippen molar-refractivity contribution in [1.29, 1.82) is 0 Å². The van der Waals surface area contributed by atoms with Crippen molar-refractivity contribution in [1.82, 2.24) is 15.2 Å². The summed E-state index contributed by atoms with van der Waals surface area (Å²) in [7, 11) is 0. The van der Waals surface area contributed by atoms with E-state index < -0.39 is 0 Å². The molecule has 1 aliphatic heterocycles. The Bertz CT molecular complexity index is 487. The quantitative estimate of drug-likeness (QED) is 0.406. The van der Waals surface area contributed by atoms with Crippen molar-refractivity contribution in [3.8, 4) is 0 Å². The van der Waals surface area contributed by atoms with Crippen molar-refractivity contribution < 1.29 is 0 Å². The Labute approximate surface area is 162 Å². The van der Waals surface area contributed by atoms with Gasteiger partial charge in [0, 0.05) is 43.7 Å². The largest absolute Gasteiger partial charge is 0.357 e. The summed E-state index contributed by atoms with van der Waals surface area (Å²) >= 11 is 1.78. The molecule has 0 saturated carbocycles. The van der Waals surface area contributed by atoms with Crippen molar-refractivity contribution in [2.75, 3.05) is 26.2 Å². The Morgan fingerprint density at radius 2 is 2.30 bits per heavy atom. The highest BCUT2D eigenvalue weighted by Crippen LogP contribution is 2.23. The molecule has 1 aromatic rings. The number of aliphatic imine (C=N–C) groups is 1. The summed E-state index contributed by atoms with van der Waals surface area (Å²) in [5.74, 6) is 2.70. The third-order valence-corrected chi connectivity index (χ3v) is 4.95. The molecule has 1 saturated heterocycles. The smallest absolute Gasteiger partial charge is 0.193 e. The molecule has 1 N–H and O–H groups in total. The highest BCUT2D eigenvalue weighted by Gasteiger charge is 2.25. The van der Waals surface area contributed by atoms with Crippen molar-refractivity contribution in [3.63, 3.8) is 0 Å². The molecule has 0 radical (unpaired) electrons. The summed E-state index contributed by atoms with van der Waals surface area (Å²) in [5, 5.41) is 4.64. The van der Waals surface area contributed by atoms with E-state index in [0.717, 1.165) is 50.4 Å². The van der Waals surface area contributed by atoms with Crippen LogP contribution in [0.5, 0.6) is 0 Å². The molecule has 0 aliphatic carbocycles. The van der Waals surface area contributed by atoms with E-state index in [1.54, 1.807) is 11.3 Å². The molecule has 1 aromatic heterocycles. The lowest BCUT2D eigenvalue weighted by atomic mass is 9.97. The normalized spacial score (nSPS) is 18.4. The monoisotopic (exact) mass is 450 g/mol. The zero-order valence-electron chi connectivity index (χ0n) is 14.8. The van der Waals surface area contributed by atoms with Crippen LogP contribution in [0.1, 0.15) is 43.5 Å². The Balaban J connectivity index is 0.00000264. The van der Waals surface area contributed by atoms with Crippen LogP contribution in [0.4, 0.5) is 0 Å². The molecule has 1 aliphatic rings. The van der Waals surface area contributed by atoms with E-state index in [2.05, 4.69) is 42.9 Å². The van der Waals surface area contributed by atoms with Gasteiger partial charge in [0.2, 0.25) is 0 Å². The molecule has 0 aromatic carbocycles. The lowest BCUT2D eigenvalue weighted by Gasteiger charge is -2.22. The van der Waals surface area contributed by atoms with Crippen molar-refractivity contribution in [2.45, 2.75) is 47.0 Å². The second kappa shape index (κ2) is 10.5. The number of hydrogen-bond acceptors (Lipinski definition) is 3. The average molecular weight is 450 g/mol. The summed E-state index contributed by atoms with van der Waals surface area (Å²) in [6.07, 6.45) is 5.52. The summed E-state index contributed by atoms with van der Waals surface area (Å²) in [4.78, 5) is 12.9. The van der Waals surface area contributed by atoms with Crippen LogP contribution in [-0.4, -0.2) is 42.0 Å². The first kappa shape index (κ1) is 20.7. The number of nitrogens with one attached hydrogen (secondary N) is 1. The Kier molecular flexibility index (Phi) is 9.43. The molecule has 2 heterocycles. The van der Waals surface area contributed by atoms with Gasteiger partial charge in [-0.15, -0.1) is 35.3 Å². The van der Waals surface area contributed by atoms with E-state index in [1.807, 2.05) is 6.20 Å². The molecule has 0 spiro atoms. The molecule has 0 bridgehead atoms. The number of likely N-dealkylation sites (tertiary alicyclic amines) is 1. The fraction of sp³-hybridized carbons (Fsp3) is 0.765. The average Bonchev–Trinajstić information content (AvgIpc) is 3.06. The van der Waals surface area contributed by atoms with Crippen LogP contribution in [0.25, 0.3) is 0 Å². The maximum atomic E-state index is 4.81. The van der Waals surface area contributed by atoms with E-state index >= 15 is 0 Å². The van der Waals surface area contributed by atoms with Crippen molar-refractivity contribution in [2.24, 2.45) is 16.8 Å². The van der Waals surface area contributed by atoms with Gasteiger partial charge < -0.3 is 10.2 Å². The number of guanidine groups is 1. The number of nitrogens with zero attached hydrogens (tertiary/aromatic N) is 3. The van der Waals surface area contributed by atoms with Gasteiger partial charge in [0.1, 0.15) is 0 Å². The third-order valence-electron chi connectivity index (χ3n) is 3.98. The molecular weight excluding hydrogens is 419 g/mol. The number of aryl methyl sites for hydroxylation is 1. The zero-order valence-corrected chi connectivity index (χ0v) is 18.0. The summed E-state index contributed by atoms with van der Waals surface area (Å²) < 4.78 is 0. The second-order valence-electron chi connectivity index (χ2n) is 6.58. The molecule has 1 fully saturated rings. The lowest BCUT2D eigenvalue weighted by Crippen LogP contribution is -2.40.